The zero-order valence-corrected chi connectivity index (χ0v) is 17.7. The number of benzene rings is 1. The molecule has 2 aromatic rings. The third-order valence-electron chi connectivity index (χ3n) is 5.25. The number of piperidine rings is 1. The molecular weight excluding hydrogens is 415 g/mol. The van der Waals surface area contributed by atoms with Crippen LogP contribution < -0.4 is 20.7 Å². The Kier molecular flexibility index (Phi) is 7.44. The summed E-state index contributed by atoms with van der Waals surface area (Å²) in [6, 6.07) is 8.83. The van der Waals surface area contributed by atoms with E-state index in [1.807, 2.05) is 41.5 Å². The molecule has 4 N–H and O–H groups in total. The van der Waals surface area contributed by atoms with Gasteiger partial charge in [0.05, 0.1) is 17.9 Å². The first-order valence-electron chi connectivity index (χ1n) is 10.3. The molecule has 32 heavy (non-hydrogen) atoms. The molecule has 1 aromatic heterocycles. The van der Waals surface area contributed by atoms with E-state index in [-0.39, 0.29) is 29.3 Å². The summed E-state index contributed by atoms with van der Waals surface area (Å²) < 4.78 is 25.6. The lowest BCUT2D eigenvalue weighted by Crippen LogP contribution is -2.36. The van der Waals surface area contributed by atoms with Crippen molar-refractivity contribution < 1.29 is 18.7 Å². The molecule has 3 rings (SSSR count). The molecule has 1 aliphatic rings. The molecule has 0 spiro atoms. The minimum atomic E-state index is -0.951. The molecule has 0 radical (unpaired) electrons. The van der Waals surface area contributed by atoms with Crippen LogP contribution in [0.15, 0.2) is 30.5 Å². The smallest absolute Gasteiger partial charge is 0.414 e. The van der Waals surface area contributed by atoms with E-state index in [9.17, 15) is 10.1 Å². The molecule has 0 bridgehead atoms. The Morgan fingerprint density at radius 3 is 2.72 bits per heavy atom. The van der Waals surface area contributed by atoms with Crippen LogP contribution >= 0.6 is 0 Å². The number of anilines is 1. The highest BCUT2D eigenvalue weighted by molar-refractivity contribution is 5.90. The molecule has 0 unspecified atom stereocenters. The fraction of sp³-hybridized carbons (Fsp3) is 0.364. The van der Waals surface area contributed by atoms with Gasteiger partial charge < -0.3 is 20.1 Å². The van der Waals surface area contributed by atoms with Gasteiger partial charge in [0.2, 0.25) is 5.88 Å². The van der Waals surface area contributed by atoms with E-state index in [2.05, 4.69) is 4.98 Å². The number of alkyl carbamates (subject to hydrolysis) is 1. The second kappa shape index (κ2) is 10.4. The monoisotopic (exact) mass is 440 g/mol. The summed E-state index contributed by atoms with van der Waals surface area (Å²) in [6.45, 7) is 3.25. The van der Waals surface area contributed by atoms with Crippen molar-refractivity contribution in [1.82, 2.24) is 10.3 Å². The zero-order valence-electron chi connectivity index (χ0n) is 17.7. The lowest BCUT2D eigenvalue weighted by atomic mass is 9.90. The Hall–Kier alpha value is -3.87. The molecule has 1 fully saturated rings. The van der Waals surface area contributed by atoms with Crippen molar-refractivity contribution in [1.29, 1.82) is 10.7 Å². The average molecular weight is 440 g/mol. The molecule has 1 saturated heterocycles. The number of hydrogen-bond acceptors (Lipinski definition) is 7. The first-order valence-corrected chi connectivity index (χ1v) is 10.3. The van der Waals surface area contributed by atoms with Crippen molar-refractivity contribution in [3.8, 4) is 11.9 Å². The number of carbonyl (C=O) groups is 1. The molecule has 10 heteroatoms. The highest BCUT2D eigenvalue weighted by Gasteiger charge is 2.26. The van der Waals surface area contributed by atoms with E-state index in [4.69, 9.17) is 20.6 Å². The number of nitriles is 1. The maximum absolute atomic E-state index is 15.3. The number of nitrogens with zero attached hydrogens (tertiary/aromatic N) is 3. The Bertz CT molecular complexity index is 1010. The molecule has 2 heterocycles. The number of carbonyl (C=O) groups excluding carboxylic acids is 1. The second-order valence-electron chi connectivity index (χ2n) is 7.29. The first kappa shape index (κ1) is 22.8. The number of nitrogens with one attached hydrogen (secondary N) is 2. The van der Waals surface area contributed by atoms with E-state index in [1.165, 1.54) is 12.1 Å². The van der Waals surface area contributed by atoms with E-state index in [0.29, 0.717) is 25.6 Å². The standard InChI is InChI=1S/C22H25FN6O3/c1-2-31-18-6-5-16(12-27-18)14-7-9-29(10-8-14)20-15(11-24)3-4-17(19(20)23)13-32-22(30)28-21(25)26/h3-6,12,14H,2,7-10,13H2,1H3,(H4,25,26,28,30). The zero-order chi connectivity index (χ0) is 23.1. The minimum absolute atomic E-state index is 0.135. The van der Waals surface area contributed by atoms with Crippen molar-refractivity contribution in [2.24, 2.45) is 5.73 Å². The molecule has 1 aliphatic heterocycles. The van der Waals surface area contributed by atoms with Gasteiger partial charge >= 0.3 is 6.09 Å². The Morgan fingerprint density at radius 1 is 1.38 bits per heavy atom. The van der Waals surface area contributed by atoms with Crippen molar-refractivity contribution >= 4 is 17.7 Å². The lowest BCUT2D eigenvalue weighted by Gasteiger charge is -2.34. The van der Waals surface area contributed by atoms with E-state index in [0.717, 1.165) is 18.4 Å². The van der Waals surface area contributed by atoms with Crippen LogP contribution in [0, 0.1) is 22.6 Å². The highest BCUT2D eigenvalue weighted by Crippen LogP contribution is 2.34. The third kappa shape index (κ3) is 5.43. The van der Waals surface area contributed by atoms with Gasteiger partial charge in [0, 0.05) is 30.9 Å². The number of aromatic nitrogens is 1. The number of halogens is 1. The molecular formula is C22H25FN6O3. The van der Waals surface area contributed by atoms with Crippen LogP contribution in [0.25, 0.3) is 0 Å². The van der Waals surface area contributed by atoms with Gasteiger partial charge in [-0.15, -0.1) is 0 Å². The minimum Gasteiger partial charge on any atom is -0.478 e. The molecule has 0 saturated carbocycles. The number of amides is 1. The summed E-state index contributed by atoms with van der Waals surface area (Å²) in [4.78, 5) is 17.7. The SMILES string of the molecule is CCOc1ccc(C2CCN(c3c(C#N)ccc(COC(=O)NC(=N)N)c3F)CC2)cn1. The highest BCUT2D eigenvalue weighted by atomic mass is 19.1. The number of ether oxygens (including phenoxy) is 2. The van der Waals surface area contributed by atoms with Gasteiger partial charge in [-0.2, -0.15) is 5.26 Å². The number of nitrogens with two attached hydrogens (primary N) is 1. The second-order valence-corrected chi connectivity index (χ2v) is 7.29. The van der Waals surface area contributed by atoms with Crippen molar-refractivity contribution in [3.05, 3.63) is 53.0 Å². The summed E-state index contributed by atoms with van der Waals surface area (Å²) in [6.07, 6.45) is 2.42. The van der Waals surface area contributed by atoms with Crippen molar-refractivity contribution in [2.45, 2.75) is 32.3 Å². The van der Waals surface area contributed by atoms with Gasteiger partial charge in [-0.05, 0) is 37.3 Å². The summed E-state index contributed by atoms with van der Waals surface area (Å²) >= 11 is 0. The molecule has 168 valence electrons. The Labute approximate surface area is 185 Å². The van der Waals surface area contributed by atoms with E-state index < -0.39 is 17.9 Å². The van der Waals surface area contributed by atoms with Gasteiger partial charge in [0.1, 0.15) is 12.7 Å². The largest absolute Gasteiger partial charge is 0.478 e. The van der Waals surface area contributed by atoms with E-state index in [1.54, 1.807) is 0 Å². The van der Waals surface area contributed by atoms with Gasteiger partial charge in [-0.1, -0.05) is 12.1 Å². The average Bonchev–Trinajstić information content (AvgIpc) is 2.78. The van der Waals surface area contributed by atoms with Gasteiger partial charge in [0.15, 0.2) is 11.8 Å². The molecule has 1 aromatic carbocycles. The van der Waals surface area contributed by atoms with Gasteiger partial charge in [-0.25, -0.2) is 14.2 Å². The Balaban J connectivity index is 1.70. The summed E-state index contributed by atoms with van der Waals surface area (Å²) in [5.41, 5.74) is 6.74. The molecule has 0 aliphatic carbocycles. The van der Waals surface area contributed by atoms with Crippen LogP contribution in [-0.2, 0) is 11.3 Å². The fourth-order valence-electron chi connectivity index (χ4n) is 3.71. The number of rotatable bonds is 6. The Morgan fingerprint density at radius 2 is 2.12 bits per heavy atom. The van der Waals surface area contributed by atoms with Crippen LogP contribution in [0.1, 0.15) is 42.4 Å². The number of hydrogen-bond donors (Lipinski definition) is 3. The van der Waals surface area contributed by atoms with Gasteiger partial charge in [-0.3, -0.25) is 10.7 Å². The summed E-state index contributed by atoms with van der Waals surface area (Å²) in [5, 5.41) is 18.5. The third-order valence-corrected chi connectivity index (χ3v) is 5.25. The quantitative estimate of drug-likeness (QED) is 0.464. The topological polar surface area (TPSA) is 137 Å². The molecule has 9 nitrogen and oxygen atoms in total. The maximum atomic E-state index is 15.3. The predicted molar refractivity (Wildman–Crippen MR) is 116 cm³/mol. The van der Waals surface area contributed by atoms with Crippen molar-refractivity contribution in [3.63, 3.8) is 0 Å². The molecule has 0 atom stereocenters. The number of guanidine groups is 1. The first-order chi connectivity index (χ1) is 15.4. The van der Waals surface area contributed by atoms with Crippen LogP contribution in [0.4, 0.5) is 14.9 Å². The summed E-state index contributed by atoms with van der Waals surface area (Å²) in [5.74, 6) is -0.294. The lowest BCUT2D eigenvalue weighted by molar-refractivity contribution is 0.143. The van der Waals surface area contributed by atoms with Gasteiger partial charge in [0.25, 0.3) is 0 Å². The van der Waals surface area contributed by atoms with Crippen LogP contribution in [0.2, 0.25) is 0 Å². The van der Waals surface area contributed by atoms with Crippen LogP contribution in [0.5, 0.6) is 5.88 Å². The normalized spacial score (nSPS) is 13.8. The predicted octanol–water partition coefficient (Wildman–Crippen LogP) is 2.99. The maximum Gasteiger partial charge on any atom is 0.414 e. The van der Waals surface area contributed by atoms with Crippen LogP contribution in [0.3, 0.4) is 0 Å². The van der Waals surface area contributed by atoms with Crippen molar-refractivity contribution in [2.75, 3.05) is 24.6 Å². The van der Waals surface area contributed by atoms with E-state index >= 15 is 4.39 Å². The fourth-order valence-corrected chi connectivity index (χ4v) is 3.71. The molecule has 1 amide bonds. The summed E-state index contributed by atoms with van der Waals surface area (Å²) in [7, 11) is 0. The number of pyridine rings is 1. The van der Waals surface area contributed by atoms with Crippen LogP contribution in [-0.4, -0.2) is 36.7 Å².